The van der Waals surface area contributed by atoms with E-state index in [9.17, 15) is 30.1 Å². The first-order valence-corrected chi connectivity index (χ1v) is 14.9. The van der Waals surface area contributed by atoms with Crippen LogP contribution in [-0.2, 0) is 14.4 Å². The third-order valence-corrected chi connectivity index (χ3v) is 11.1. The highest BCUT2D eigenvalue weighted by molar-refractivity contribution is 5.96. The van der Waals surface area contributed by atoms with Gasteiger partial charge in [-0.05, 0) is 98.3 Å². The zero-order valence-corrected chi connectivity index (χ0v) is 24.5. The molecule has 43 heavy (non-hydrogen) atoms. The maximum atomic E-state index is 12.5. The van der Waals surface area contributed by atoms with Crippen molar-refractivity contribution in [3.8, 4) is 12.3 Å². The number of nitrogens with zero attached hydrogens (tertiary/aromatic N) is 2. The molecule has 3 fully saturated rings. The fourth-order valence-corrected chi connectivity index (χ4v) is 8.58. The Hall–Kier alpha value is -3.43. The number of terminal acetylenes is 1. The van der Waals surface area contributed by atoms with E-state index >= 15 is 0 Å². The van der Waals surface area contributed by atoms with E-state index < -0.39 is 41.5 Å². The molecule has 11 heteroatoms. The Kier molecular flexibility index (Phi) is 8.35. The fourth-order valence-electron chi connectivity index (χ4n) is 8.58. The predicted octanol–water partition coefficient (Wildman–Crippen LogP) is 3.68. The highest BCUT2D eigenvalue weighted by Crippen LogP contribution is 2.67. The van der Waals surface area contributed by atoms with Gasteiger partial charge in [-0.2, -0.15) is 0 Å². The third-order valence-electron chi connectivity index (χ3n) is 11.1. The average Bonchev–Trinajstić information content (AvgIpc) is 3.26. The largest absolute Gasteiger partial charge is 0.733 e. The number of carboxylic acid groups (broad SMARTS) is 1. The van der Waals surface area contributed by atoms with Gasteiger partial charge in [0.2, 0.25) is 0 Å². The summed E-state index contributed by atoms with van der Waals surface area (Å²) in [6, 6.07) is 3.41. The number of anilines is 1. The third kappa shape index (κ3) is 5.42. The Labute approximate surface area is 251 Å². The predicted molar refractivity (Wildman–Crippen MR) is 157 cm³/mol. The molecule has 11 nitrogen and oxygen atoms in total. The minimum atomic E-state index is -1.72. The zero-order chi connectivity index (χ0) is 31.2. The molecule has 5 rings (SSSR count). The Morgan fingerprint density at radius 3 is 2.65 bits per heavy atom. The van der Waals surface area contributed by atoms with Crippen LogP contribution in [0.5, 0.6) is 0 Å². The van der Waals surface area contributed by atoms with Crippen LogP contribution >= 0.6 is 0 Å². The number of rotatable bonds is 8. The Bertz CT molecular complexity index is 1370. The molecule has 0 spiro atoms. The van der Waals surface area contributed by atoms with Gasteiger partial charge in [0.15, 0.2) is 12.6 Å². The van der Waals surface area contributed by atoms with E-state index in [-0.39, 0.29) is 22.1 Å². The van der Waals surface area contributed by atoms with E-state index in [0.29, 0.717) is 30.6 Å². The number of carbonyl (C=O) groups excluding carboxylic acids is 1. The van der Waals surface area contributed by atoms with Crippen molar-refractivity contribution in [3.05, 3.63) is 46.7 Å². The molecule has 0 aliphatic heterocycles. The number of hydrogen-bond donors (Lipinski definition) is 5. The first-order valence-electron chi connectivity index (χ1n) is 14.9. The highest BCUT2D eigenvalue weighted by atomic mass is 16.8. The van der Waals surface area contributed by atoms with Gasteiger partial charge in [0.05, 0.1) is 11.4 Å². The summed E-state index contributed by atoms with van der Waals surface area (Å²) < 4.78 is 0. The standard InChI is InChI=1S/C32H40N3O8/c1-4-32(40)15-12-25-23-9-8-20-17-21(10-13-30(20,2)24(23)11-14-31(25,32)3)34-43-18-26(36)33-27(29(38)39)28(37)19-6-5-7-22(16-19)35(41)42/h1,5-7,16-17,23-25,27-28,37,40-41H,8-15,18H2,2-3H3,(H,33,36)(H,38,39)/q-1/t23-,24-,25+,27-,28-,30-,31+,32-/m0/s1. The number of aliphatic hydroxyl groups excluding tert-OH is 1. The monoisotopic (exact) mass is 594 g/mol. The lowest BCUT2D eigenvalue weighted by Crippen LogP contribution is -2.54. The summed E-state index contributed by atoms with van der Waals surface area (Å²) >= 11 is 0. The van der Waals surface area contributed by atoms with Gasteiger partial charge >= 0.3 is 5.97 Å². The summed E-state index contributed by atoms with van der Waals surface area (Å²) in [6.07, 6.45) is 13.3. The smallest absolute Gasteiger partial charge is 0.329 e. The molecular formula is C32H40N3O8-. The molecule has 1 aromatic carbocycles. The van der Waals surface area contributed by atoms with Crippen LogP contribution < -0.4 is 10.5 Å². The topological polar surface area (TPSA) is 175 Å². The van der Waals surface area contributed by atoms with Crippen LogP contribution in [0.15, 0.2) is 41.1 Å². The minimum absolute atomic E-state index is 0.0233. The second-order valence-corrected chi connectivity index (χ2v) is 13.1. The molecule has 4 aliphatic carbocycles. The Morgan fingerprint density at radius 2 is 1.95 bits per heavy atom. The Balaban J connectivity index is 1.20. The van der Waals surface area contributed by atoms with Crippen LogP contribution in [0.4, 0.5) is 5.69 Å². The molecule has 3 saturated carbocycles. The van der Waals surface area contributed by atoms with Crippen molar-refractivity contribution in [2.75, 3.05) is 11.8 Å². The molecule has 0 bridgehead atoms. The SMILES string of the molecule is C#C[C@]1(O)CC[C@@H]2[C@H]3CCC4=CC(=NOCC(=O)N[C@H](C(=O)O)[C@@H](O)c5cccc(N([O-])O)c5)CC[C@]4(C)[C@H]3CC[C@]21C. The first kappa shape index (κ1) is 31.0. The second-order valence-electron chi connectivity index (χ2n) is 13.1. The van der Waals surface area contributed by atoms with Gasteiger partial charge in [0.25, 0.3) is 5.91 Å². The van der Waals surface area contributed by atoms with Gasteiger partial charge in [0.1, 0.15) is 11.7 Å². The van der Waals surface area contributed by atoms with Gasteiger partial charge in [-0.3, -0.25) is 10.0 Å². The van der Waals surface area contributed by atoms with Crippen LogP contribution in [0.25, 0.3) is 0 Å². The molecule has 0 saturated heterocycles. The lowest BCUT2D eigenvalue weighted by Gasteiger charge is -2.58. The molecule has 4 aliphatic rings. The van der Waals surface area contributed by atoms with E-state index in [1.807, 2.05) is 0 Å². The van der Waals surface area contributed by atoms with Crippen molar-refractivity contribution in [2.24, 2.45) is 33.7 Å². The summed E-state index contributed by atoms with van der Waals surface area (Å²) in [5, 5.41) is 57.6. The number of benzene rings is 1. The van der Waals surface area contributed by atoms with Crippen LogP contribution in [0.3, 0.4) is 0 Å². The number of oxime groups is 1. The molecule has 8 atom stereocenters. The number of carboxylic acids is 1. The number of fused-ring (bicyclic) bond motifs is 5. The quantitative estimate of drug-likeness (QED) is 0.222. The van der Waals surface area contributed by atoms with E-state index in [1.54, 1.807) is 0 Å². The summed E-state index contributed by atoms with van der Waals surface area (Å²) in [5.41, 5.74) is 0.634. The lowest BCUT2D eigenvalue weighted by molar-refractivity contribution is -0.146. The number of carbonyl (C=O) groups is 2. The molecule has 1 amide bonds. The van der Waals surface area contributed by atoms with Crippen molar-refractivity contribution in [1.29, 1.82) is 0 Å². The maximum Gasteiger partial charge on any atom is 0.329 e. The van der Waals surface area contributed by atoms with E-state index in [2.05, 4.69) is 36.3 Å². The number of allylic oxidation sites excluding steroid dienone is 2. The molecule has 232 valence electrons. The summed E-state index contributed by atoms with van der Waals surface area (Å²) in [6.45, 7) is 3.98. The van der Waals surface area contributed by atoms with Gasteiger partial charge < -0.3 is 35.9 Å². The van der Waals surface area contributed by atoms with E-state index in [0.717, 1.165) is 50.3 Å². The molecule has 5 N–H and O–H groups in total. The normalized spacial score (nSPS) is 35.3. The van der Waals surface area contributed by atoms with Crippen molar-refractivity contribution >= 4 is 23.3 Å². The van der Waals surface area contributed by atoms with Crippen molar-refractivity contribution < 1.29 is 35.0 Å². The zero-order valence-electron chi connectivity index (χ0n) is 24.5. The highest BCUT2D eigenvalue weighted by Gasteiger charge is 2.63. The van der Waals surface area contributed by atoms with Gasteiger partial charge in [-0.15, -0.1) is 6.42 Å². The molecule has 0 aromatic heterocycles. The van der Waals surface area contributed by atoms with Gasteiger partial charge in [-0.25, -0.2) is 4.79 Å². The first-order chi connectivity index (χ1) is 20.3. The van der Waals surface area contributed by atoms with Gasteiger partial charge in [-0.1, -0.05) is 42.6 Å². The molecule has 1 aromatic rings. The van der Waals surface area contributed by atoms with Crippen LogP contribution in [-0.4, -0.2) is 56.4 Å². The van der Waals surface area contributed by atoms with Crippen molar-refractivity contribution in [3.63, 3.8) is 0 Å². The van der Waals surface area contributed by atoms with Crippen molar-refractivity contribution in [2.45, 2.75) is 83.0 Å². The number of hydrogen-bond acceptors (Lipinski definition) is 9. The maximum absolute atomic E-state index is 12.5. The Morgan fingerprint density at radius 1 is 1.21 bits per heavy atom. The van der Waals surface area contributed by atoms with Crippen molar-refractivity contribution in [1.82, 2.24) is 5.32 Å². The lowest BCUT2D eigenvalue weighted by atomic mass is 9.46. The molecule has 0 heterocycles. The van der Waals surface area contributed by atoms with E-state index in [4.69, 9.17) is 16.5 Å². The molecular weight excluding hydrogens is 554 g/mol. The number of aliphatic carboxylic acids is 1. The molecule has 0 radical (unpaired) electrons. The van der Waals surface area contributed by atoms with Crippen LogP contribution in [0.2, 0.25) is 0 Å². The summed E-state index contributed by atoms with van der Waals surface area (Å²) in [7, 11) is 0. The minimum Gasteiger partial charge on any atom is -0.733 e. The van der Waals surface area contributed by atoms with Gasteiger partial charge in [0, 0.05) is 5.41 Å². The van der Waals surface area contributed by atoms with E-state index in [1.165, 1.54) is 23.8 Å². The number of nitrogens with one attached hydrogen (secondary N) is 1. The summed E-state index contributed by atoms with van der Waals surface area (Å²) in [5.74, 6) is 1.89. The van der Waals surface area contributed by atoms with Crippen LogP contribution in [0.1, 0.15) is 76.9 Å². The summed E-state index contributed by atoms with van der Waals surface area (Å²) in [4.78, 5) is 29.6. The number of amides is 1. The molecule has 0 unspecified atom stereocenters. The second kappa shape index (κ2) is 11.6. The fraction of sp³-hybridized carbons (Fsp3) is 0.594. The average molecular weight is 595 g/mol. The number of aliphatic hydroxyl groups is 2. The van der Waals surface area contributed by atoms with Crippen LogP contribution in [0, 0.1) is 46.1 Å².